The van der Waals surface area contributed by atoms with Gasteiger partial charge in [-0.25, -0.2) is 0 Å². The lowest BCUT2D eigenvalue weighted by Crippen LogP contribution is -2.45. The minimum absolute atomic E-state index is 0.0399. The molecule has 3 heterocycles. The van der Waals surface area contributed by atoms with E-state index in [1.54, 1.807) is 6.07 Å². The Labute approximate surface area is 157 Å². The van der Waals surface area contributed by atoms with Gasteiger partial charge in [-0.3, -0.25) is 4.79 Å². The third-order valence-electron chi connectivity index (χ3n) is 6.89. The van der Waals surface area contributed by atoms with Gasteiger partial charge in [0.15, 0.2) is 5.69 Å². The fourth-order valence-corrected chi connectivity index (χ4v) is 5.41. The van der Waals surface area contributed by atoms with Crippen LogP contribution in [0.1, 0.15) is 74.0 Å². The number of nitrogens with zero attached hydrogens (tertiary/aromatic N) is 3. The second-order valence-electron chi connectivity index (χ2n) is 8.97. The van der Waals surface area contributed by atoms with Crippen LogP contribution in [0.25, 0.3) is 0 Å². The van der Waals surface area contributed by atoms with Gasteiger partial charge in [0, 0.05) is 31.1 Å². The minimum atomic E-state index is 0.0399. The normalized spacial score (nSPS) is 28.1. The number of carbonyl (C=O) groups excluding carboxylic acids is 1. The van der Waals surface area contributed by atoms with Gasteiger partial charge in [-0.05, 0) is 51.6 Å². The van der Waals surface area contributed by atoms with E-state index in [0.29, 0.717) is 16.9 Å². The van der Waals surface area contributed by atoms with Crippen molar-refractivity contribution in [2.24, 2.45) is 11.3 Å². The van der Waals surface area contributed by atoms with Crippen LogP contribution in [0.4, 0.5) is 0 Å². The van der Waals surface area contributed by atoms with E-state index in [1.807, 2.05) is 11.8 Å². The number of likely N-dealkylation sites (tertiary alicyclic amines) is 2. The predicted molar refractivity (Wildman–Crippen MR) is 101 cm³/mol. The van der Waals surface area contributed by atoms with Gasteiger partial charge in [0.25, 0.3) is 5.91 Å². The Morgan fingerprint density at radius 2 is 2.04 bits per heavy atom. The van der Waals surface area contributed by atoms with Crippen molar-refractivity contribution in [1.29, 1.82) is 0 Å². The fourth-order valence-electron chi connectivity index (χ4n) is 5.41. The van der Waals surface area contributed by atoms with E-state index in [1.165, 1.54) is 71.0 Å². The largest absolute Gasteiger partial charge is 0.361 e. The van der Waals surface area contributed by atoms with Crippen LogP contribution in [-0.4, -0.2) is 53.6 Å². The molecule has 1 spiro atoms. The first-order valence-electron chi connectivity index (χ1n) is 10.6. The summed E-state index contributed by atoms with van der Waals surface area (Å²) in [5.74, 6) is 1.70. The highest BCUT2D eigenvalue weighted by Gasteiger charge is 2.43. The van der Waals surface area contributed by atoms with Crippen LogP contribution in [0.15, 0.2) is 10.6 Å². The third kappa shape index (κ3) is 3.98. The van der Waals surface area contributed by atoms with E-state index < -0.39 is 0 Å². The highest BCUT2D eigenvalue weighted by molar-refractivity contribution is 5.92. The number of carbonyl (C=O) groups is 1. The highest BCUT2D eigenvalue weighted by atomic mass is 16.5. The third-order valence-corrected chi connectivity index (χ3v) is 6.89. The van der Waals surface area contributed by atoms with Crippen molar-refractivity contribution in [1.82, 2.24) is 15.0 Å². The first-order chi connectivity index (χ1) is 12.6. The Balaban J connectivity index is 1.31. The molecular formula is C21H33N3O2. The number of hydrogen-bond acceptors (Lipinski definition) is 4. The van der Waals surface area contributed by atoms with Gasteiger partial charge in [0.1, 0.15) is 5.76 Å². The molecule has 2 aliphatic heterocycles. The first kappa shape index (κ1) is 18.0. The quantitative estimate of drug-likeness (QED) is 0.818. The zero-order chi connectivity index (χ0) is 18.0. The Morgan fingerprint density at radius 3 is 2.81 bits per heavy atom. The summed E-state index contributed by atoms with van der Waals surface area (Å²) in [5, 5.41) is 3.91. The lowest BCUT2D eigenvalue weighted by atomic mass is 9.79. The molecule has 0 bridgehead atoms. The van der Waals surface area contributed by atoms with E-state index in [2.05, 4.69) is 10.1 Å². The van der Waals surface area contributed by atoms with Crippen molar-refractivity contribution in [2.45, 2.75) is 64.7 Å². The van der Waals surface area contributed by atoms with Crippen molar-refractivity contribution in [3.8, 4) is 0 Å². The summed E-state index contributed by atoms with van der Waals surface area (Å²) in [6.07, 6.45) is 12.2. The molecular weight excluding hydrogens is 326 g/mol. The van der Waals surface area contributed by atoms with E-state index in [4.69, 9.17) is 4.52 Å². The lowest BCUT2D eigenvalue weighted by Gasteiger charge is -2.41. The number of piperidine rings is 1. The van der Waals surface area contributed by atoms with E-state index in [-0.39, 0.29) is 5.91 Å². The molecule has 1 amide bonds. The number of hydrogen-bond donors (Lipinski definition) is 0. The predicted octanol–water partition coefficient (Wildman–Crippen LogP) is 3.88. The summed E-state index contributed by atoms with van der Waals surface area (Å²) in [7, 11) is 0. The SMILES string of the molecule is Cc1cc(C(=O)N2CCC3(CCCN(CCC4CCCCC4)C3)C2)no1. The fraction of sp³-hybridized carbons (Fsp3) is 0.810. The van der Waals surface area contributed by atoms with E-state index in [9.17, 15) is 4.79 Å². The average Bonchev–Trinajstić information content (AvgIpc) is 3.27. The maximum Gasteiger partial charge on any atom is 0.276 e. The topological polar surface area (TPSA) is 49.6 Å². The van der Waals surface area contributed by atoms with Crippen molar-refractivity contribution in [3.63, 3.8) is 0 Å². The standard InChI is InChI=1S/C21H33N3O2/c1-17-14-19(22-26-17)20(25)24-13-10-21(16-24)9-5-11-23(15-21)12-8-18-6-3-2-4-7-18/h14,18H,2-13,15-16H2,1H3. The van der Waals surface area contributed by atoms with Gasteiger partial charge in [0.05, 0.1) is 0 Å². The molecule has 1 aromatic rings. The van der Waals surface area contributed by atoms with Crippen LogP contribution < -0.4 is 0 Å². The van der Waals surface area contributed by atoms with Crippen molar-refractivity contribution < 1.29 is 9.32 Å². The Hall–Kier alpha value is -1.36. The van der Waals surface area contributed by atoms with Crippen molar-refractivity contribution >= 4 is 5.91 Å². The van der Waals surface area contributed by atoms with Crippen LogP contribution in [-0.2, 0) is 0 Å². The molecule has 5 heteroatoms. The van der Waals surface area contributed by atoms with Crippen LogP contribution in [0.3, 0.4) is 0 Å². The molecule has 1 atom stereocenters. The molecule has 3 aliphatic rings. The molecule has 1 unspecified atom stereocenters. The molecule has 1 saturated carbocycles. The highest BCUT2D eigenvalue weighted by Crippen LogP contribution is 2.39. The van der Waals surface area contributed by atoms with Gasteiger partial charge in [-0.1, -0.05) is 37.3 Å². The molecule has 144 valence electrons. The molecule has 1 aliphatic carbocycles. The first-order valence-corrected chi connectivity index (χ1v) is 10.6. The molecule has 1 aromatic heterocycles. The number of amides is 1. The van der Waals surface area contributed by atoms with Gasteiger partial charge in [0.2, 0.25) is 0 Å². The van der Waals surface area contributed by atoms with Crippen molar-refractivity contribution in [3.05, 3.63) is 17.5 Å². The van der Waals surface area contributed by atoms with Gasteiger partial charge < -0.3 is 14.3 Å². The number of aryl methyl sites for hydroxylation is 1. The Kier molecular flexibility index (Phi) is 5.35. The second kappa shape index (κ2) is 7.71. The lowest BCUT2D eigenvalue weighted by molar-refractivity contribution is 0.0666. The molecule has 3 fully saturated rings. The molecule has 0 radical (unpaired) electrons. The molecule has 4 rings (SSSR count). The van der Waals surface area contributed by atoms with Crippen LogP contribution in [0.5, 0.6) is 0 Å². The summed E-state index contributed by atoms with van der Waals surface area (Å²) in [4.78, 5) is 17.4. The van der Waals surface area contributed by atoms with Crippen LogP contribution in [0, 0.1) is 18.3 Å². The molecule has 0 aromatic carbocycles. The number of rotatable bonds is 4. The van der Waals surface area contributed by atoms with Gasteiger partial charge >= 0.3 is 0 Å². The molecule has 2 saturated heterocycles. The maximum atomic E-state index is 12.7. The Bertz CT molecular complexity index is 623. The smallest absolute Gasteiger partial charge is 0.276 e. The monoisotopic (exact) mass is 359 g/mol. The Morgan fingerprint density at radius 1 is 1.19 bits per heavy atom. The zero-order valence-electron chi connectivity index (χ0n) is 16.2. The van der Waals surface area contributed by atoms with Crippen LogP contribution in [0.2, 0.25) is 0 Å². The summed E-state index contributed by atoms with van der Waals surface area (Å²) in [6.45, 7) is 7.24. The van der Waals surface area contributed by atoms with Crippen LogP contribution >= 0.6 is 0 Å². The van der Waals surface area contributed by atoms with Gasteiger partial charge in [-0.2, -0.15) is 0 Å². The van der Waals surface area contributed by atoms with Gasteiger partial charge in [-0.15, -0.1) is 0 Å². The molecule has 5 nitrogen and oxygen atoms in total. The number of aromatic nitrogens is 1. The van der Waals surface area contributed by atoms with E-state index in [0.717, 1.165) is 25.4 Å². The summed E-state index contributed by atoms with van der Waals surface area (Å²) < 4.78 is 5.08. The summed E-state index contributed by atoms with van der Waals surface area (Å²) >= 11 is 0. The maximum absolute atomic E-state index is 12.7. The van der Waals surface area contributed by atoms with E-state index >= 15 is 0 Å². The zero-order valence-corrected chi connectivity index (χ0v) is 16.2. The average molecular weight is 360 g/mol. The summed E-state index contributed by atoms with van der Waals surface area (Å²) in [5.41, 5.74) is 0.767. The molecule has 0 N–H and O–H groups in total. The minimum Gasteiger partial charge on any atom is -0.361 e. The molecule has 26 heavy (non-hydrogen) atoms. The second-order valence-corrected chi connectivity index (χ2v) is 8.97. The van der Waals surface area contributed by atoms with Crippen molar-refractivity contribution in [2.75, 3.05) is 32.7 Å². The summed E-state index contributed by atoms with van der Waals surface area (Å²) in [6, 6.07) is 1.75.